The summed E-state index contributed by atoms with van der Waals surface area (Å²) >= 11 is 6.28. The molecule has 0 amide bonds. The molecule has 3 heterocycles. The van der Waals surface area contributed by atoms with Crippen molar-refractivity contribution in [2.45, 2.75) is 22.7 Å². The average Bonchev–Trinajstić information content (AvgIpc) is 2.97. The molecule has 0 spiro atoms. The molecule has 8 heteroatoms. The molecule has 0 aliphatic heterocycles. The van der Waals surface area contributed by atoms with Gasteiger partial charge in [-0.3, -0.25) is 0 Å². The van der Waals surface area contributed by atoms with Gasteiger partial charge in [0.15, 0.2) is 9.99 Å². The average molecular weight is 342 g/mol. The van der Waals surface area contributed by atoms with Crippen LogP contribution >= 0.6 is 39.2 Å². The van der Waals surface area contributed by atoms with E-state index in [1.807, 2.05) is 23.7 Å². The summed E-state index contributed by atoms with van der Waals surface area (Å²) in [5, 5.41) is 0.827. The highest BCUT2D eigenvalue weighted by Gasteiger charge is 2.11. The highest BCUT2D eigenvalue weighted by Crippen LogP contribution is 2.31. The van der Waals surface area contributed by atoms with Gasteiger partial charge >= 0.3 is 0 Å². The van der Waals surface area contributed by atoms with E-state index in [-0.39, 0.29) is 0 Å². The number of imidazole rings is 1. The molecule has 0 N–H and O–H groups in total. The molecular weight excluding hydrogens is 334 g/mol. The van der Waals surface area contributed by atoms with Crippen LogP contribution in [0.5, 0.6) is 0 Å². The fraction of sp³-hybridized carbons (Fsp3) is 0.200. The molecule has 0 saturated carbocycles. The van der Waals surface area contributed by atoms with Crippen molar-refractivity contribution in [3.05, 3.63) is 29.0 Å². The van der Waals surface area contributed by atoms with Gasteiger partial charge in [0.2, 0.25) is 0 Å². The molecule has 3 rings (SSSR count). The van der Waals surface area contributed by atoms with Gasteiger partial charge in [-0.2, -0.15) is 4.37 Å². The Morgan fingerprint density at radius 2 is 2.33 bits per heavy atom. The lowest BCUT2D eigenvalue weighted by Gasteiger charge is -2.01. The summed E-state index contributed by atoms with van der Waals surface area (Å²) in [7, 11) is 0. The Morgan fingerprint density at radius 1 is 1.44 bits per heavy atom. The van der Waals surface area contributed by atoms with Crippen molar-refractivity contribution in [2.75, 3.05) is 0 Å². The first kappa shape index (κ1) is 12.1. The number of hydrogen-bond acceptors (Lipinski definition) is 6. The maximum absolute atomic E-state index is 4.44. The van der Waals surface area contributed by atoms with Gasteiger partial charge in [-0.15, -0.1) is 0 Å². The summed E-state index contributed by atoms with van der Waals surface area (Å²) in [5.41, 5.74) is 0.830. The molecule has 0 aromatic carbocycles. The van der Waals surface area contributed by atoms with Gasteiger partial charge in [0, 0.05) is 25.0 Å². The van der Waals surface area contributed by atoms with Crippen LogP contribution < -0.4 is 0 Å². The molecule has 92 valence electrons. The van der Waals surface area contributed by atoms with Crippen molar-refractivity contribution in [1.29, 1.82) is 0 Å². The van der Waals surface area contributed by atoms with E-state index in [0.29, 0.717) is 0 Å². The molecule has 0 radical (unpaired) electrons. The van der Waals surface area contributed by atoms with Crippen molar-refractivity contribution in [1.82, 2.24) is 23.7 Å². The molecule has 5 nitrogen and oxygen atoms in total. The lowest BCUT2D eigenvalue weighted by molar-refractivity contribution is 0.967. The number of halogens is 1. The first-order chi connectivity index (χ1) is 8.76. The molecular formula is C10H8BrN5S2. The Balaban J connectivity index is 2.00. The maximum atomic E-state index is 4.44. The van der Waals surface area contributed by atoms with Crippen LogP contribution in [0, 0.1) is 0 Å². The van der Waals surface area contributed by atoms with Crippen LogP contribution in [0.3, 0.4) is 0 Å². The number of aromatic nitrogens is 5. The Morgan fingerprint density at radius 3 is 3.11 bits per heavy atom. The first-order valence-corrected chi connectivity index (χ1v) is 7.64. The summed E-state index contributed by atoms with van der Waals surface area (Å²) < 4.78 is 7.86. The third kappa shape index (κ3) is 2.27. The van der Waals surface area contributed by atoms with Crippen LogP contribution in [0.15, 0.2) is 32.6 Å². The second kappa shape index (κ2) is 4.94. The predicted octanol–water partition coefficient (Wildman–Crippen LogP) is 3.06. The van der Waals surface area contributed by atoms with Gasteiger partial charge in [-0.05, 0) is 39.2 Å². The van der Waals surface area contributed by atoms with Crippen LogP contribution in [0.1, 0.15) is 12.7 Å². The molecule has 0 unspecified atom stereocenters. The molecule has 0 atom stereocenters. The minimum absolute atomic E-state index is 0.774. The van der Waals surface area contributed by atoms with E-state index in [2.05, 4.69) is 35.3 Å². The monoisotopic (exact) mass is 341 g/mol. The van der Waals surface area contributed by atoms with Gasteiger partial charge < -0.3 is 4.40 Å². The minimum atomic E-state index is 0.774. The summed E-state index contributed by atoms with van der Waals surface area (Å²) in [5.74, 6) is 0.872. The largest absolute Gasteiger partial charge is 0.302 e. The van der Waals surface area contributed by atoms with Gasteiger partial charge in [-0.25, -0.2) is 15.0 Å². The van der Waals surface area contributed by atoms with E-state index in [1.165, 1.54) is 23.3 Å². The zero-order valence-corrected chi connectivity index (χ0v) is 12.6. The van der Waals surface area contributed by atoms with Crippen molar-refractivity contribution >= 4 is 44.9 Å². The van der Waals surface area contributed by atoms with Crippen molar-refractivity contribution in [2.24, 2.45) is 0 Å². The quantitative estimate of drug-likeness (QED) is 0.732. The molecule has 0 aliphatic carbocycles. The van der Waals surface area contributed by atoms with Crippen molar-refractivity contribution in [3.8, 4) is 0 Å². The predicted molar refractivity (Wildman–Crippen MR) is 74.1 cm³/mol. The van der Waals surface area contributed by atoms with E-state index in [1.54, 1.807) is 6.20 Å². The SMILES string of the molecule is CCc1nsc(Sc2nc(Br)cn3ccnc23)n1. The van der Waals surface area contributed by atoms with Gasteiger partial charge in [-0.1, -0.05) is 6.92 Å². The summed E-state index contributed by atoms with van der Waals surface area (Å²) in [4.78, 5) is 13.2. The lowest BCUT2D eigenvalue weighted by atomic mass is 10.5. The third-order valence-corrected chi connectivity index (χ3v) is 4.40. The molecule has 0 fully saturated rings. The number of rotatable bonds is 3. The fourth-order valence-electron chi connectivity index (χ4n) is 1.45. The Hall–Kier alpha value is -0.990. The maximum Gasteiger partial charge on any atom is 0.176 e. The van der Waals surface area contributed by atoms with Gasteiger partial charge in [0.1, 0.15) is 15.5 Å². The third-order valence-electron chi connectivity index (χ3n) is 2.26. The number of fused-ring (bicyclic) bond motifs is 1. The Bertz CT molecular complexity index is 692. The summed E-state index contributed by atoms with van der Waals surface area (Å²) in [6.45, 7) is 2.04. The zero-order chi connectivity index (χ0) is 12.5. The minimum Gasteiger partial charge on any atom is -0.302 e. The zero-order valence-electron chi connectivity index (χ0n) is 9.37. The Labute approximate surface area is 120 Å². The van der Waals surface area contributed by atoms with Crippen LogP contribution in [0.4, 0.5) is 0 Å². The van der Waals surface area contributed by atoms with Gasteiger partial charge in [0.05, 0.1) is 0 Å². The van der Waals surface area contributed by atoms with Crippen molar-refractivity contribution < 1.29 is 0 Å². The number of aryl methyl sites for hydroxylation is 1. The van der Waals surface area contributed by atoms with Gasteiger partial charge in [0.25, 0.3) is 0 Å². The van der Waals surface area contributed by atoms with E-state index in [0.717, 1.165) is 31.9 Å². The van der Waals surface area contributed by atoms with E-state index < -0.39 is 0 Å². The molecule has 3 aromatic rings. The molecule has 0 aliphatic rings. The van der Waals surface area contributed by atoms with E-state index in [9.17, 15) is 0 Å². The van der Waals surface area contributed by atoms with Crippen LogP contribution in [-0.2, 0) is 6.42 Å². The second-order valence-electron chi connectivity index (χ2n) is 3.46. The van der Waals surface area contributed by atoms with Crippen molar-refractivity contribution in [3.63, 3.8) is 0 Å². The second-order valence-corrected chi connectivity index (χ2v) is 6.26. The topological polar surface area (TPSA) is 56.0 Å². The van der Waals surface area contributed by atoms with Crippen LogP contribution in [0.25, 0.3) is 5.65 Å². The molecule has 0 saturated heterocycles. The first-order valence-electron chi connectivity index (χ1n) is 5.26. The molecule has 18 heavy (non-hydrogen) atoms. The fourth-order valence-corrected chi connectivity index (χ4v) is 3.67. The standard InChI is InChI=1S/C10H8BrN5S2/c1-2-7-14-10(18-15-7)17-9-8-12-3-4-16(8)5-6(11)13-9/h3-5H,2H2,1H3. The molecule has 0 bridgehead atoms. The number of hydrogen-bond donors (Lipinski definition) is 0. The Kier molecular flexibility index (Phi) is 3.31. The number of nitrogens with zero attached hydrogens (tertiary/aromatic N) is 5. The normalized spacial score (nSPS) is 11.2. The van der Waals surface area contributed by atoms with Crippen LogP contribution in [0.2, 0.25) is 0 Å². The van der Waals surface area contributed by atoms with E-state index in [4.69, 9.17) is 0 Å². The summed E-state index contributed by atoms with van der Waals surface area (Å²) in [6.07, 6.45) is 6.38. The highest BCUT2D eigenvalue weighted by atomic mass is 79.9. The lowest BCUT2D eigenvalue weighted by Crippen LogP contribution is -1.91. The highest BCUT2D eigenvalue weighted by molar-refractivity contribution is 9.10. The van der Waals surface area contributed by atoms with E-state index >= 15 is 0 Å². The summed E-state index contributed by atoms with van der Waals surface area (Å²) in [6, 6.07) is 0. The van der Waals surface area contributed by atoms with Crippen LogP contribution in [-0.4, -0.2) is 23.7 Å². The molecule has 3 aromatic heterocycles. The smallest absolute Gasteiger partial charge is 0.176 e.